The van der Waals surface area contributed by atoms with E-state index in [1.165, 1.54) is 11.3 Å². The highest BCUT2D eigenvalue weighted by Gasteiger charge is 2.13. The second-order valence-corrected chi connectivity index (χ2v) is 7.25. The van der Waals surface area contributed by atoms with Gasteiger partial charge < -0.3 is 14.4 Å². The summed E-state index contributed by atoms with van der Waals surface area (Å²) in [5, 5.41) is 4.06. The molecule has 6 heteroatoms. The van der Waals surface area contributed by atoms with Crippen molar-refractivity contribution in [2.75, 3.05) is 20.8 Å². The number of ether oxygens (including phenoxy) is 2. The molecule has 0 saturated heterocycles. The Morgan fingerprint density at radius 1 is 1.07 bits per heavy atom. The Hall–Kier alpha value is -2.86. The van der Waals surface area contributed by atoms with E-state index in [-0.39, 0.29) is 24.9 Å². The number of amides is 1. The molecule has 3 rings (SSSR count). The lowest BCUT2D eigenvalue weighted by Crippen LogP contribution is -2.31. The molecule has 0 aliphatic carbocycles. The fourth-order valence-electron chi connectivity index (χ4n) is 2.72. The van der Waals surface area contributed by atoms with Gasteiger partial charge in [-0.05, 0) is 46.0 Å². The van der Waals surface area contributed by atoms with Crippen molar-refractivity contribution in [3.05, 3.63) is 64.4 Å². The van der Waals surface area contributed by atoms with Crippen LogP contribution in [0.5, 0.6) is 5.75 Å². The van der Waals surface area contributed by atoms with Crippen molar-refractivity contribution in [3.63, 3.8) is 0 Å². The molecule has 0 radical (unpaired) electrons. The molecule has 0 N–H and O–H groups in total. The van der Waals surface area contributed by atoms with Crippen molar-refractivity contribution in [1.82, 2.24) is 4.90 Å². The Labute approximate surface area is 162 Å². The van der Waals surface area contributed by atoms with Gasteiger partial charge in [-0.1, -0.05) is 24.3 Å². The Morgan fingerprint density at radius 2 is 1.85 bits per heavy atom. The van der Waals surface area contributed by atoms with Gasteiger partial charge in [0.25, 0.3) is 5.91 Å². The van der Waals surface area contributed by atoms with Gasteiger partial charge in [0.2, 0.25) is 0 Å². The lowest BCUT2D eigenvalue weighted by atomic mass is 10.1. The molecular formula is C21H21NO4S. The number of carbonyl (C=O) groups excluding carboxylic acids is 2. The number of nitrogens with zero attached hydrogens (tertiary/aromatic N) is 1. The van der Waals surface area contributed by atoms with Crippen LogP contribution in [0.25, 0.3) is 10.8 Å². The molecule has 0 spiro atoms. The topological polar surface area (TPSA) is 55.8 Å². The molecule has 5 nitrogen and oxygen atoms in total. The van der Waals surface area contributed by atoms with E-state index in [9.17, 15) is 9.59 Å². The number of hydrogen-bond donors (Lipinski definition) is 0. The Balaban J connectivity index is 1.54. The lowest BCUT2D eigenvalue weighted by Gasteiger charge is -2.17. The molecule has 0 bridgehead atoms. The number of likely N-dealkylation sites (N-methyl/N-ethyl adjacent to an activating group) is 1. The smallest absolute Gasteiger partial charge is 0.311 e. The molecular weight excluding hydrogens is 362 g/mol. The fourth-order valence-corrected chi connectivity index (χ4v) is 3.41. The summed E-state index contributed by atoms with van der Waals surface area (Å²) in [4.78, 5) is 26.5. The molecule has 1 heterocycles. The first kappa shape index (κ1) is 18.9. The summed E-state index contributed by atoms with van der Waals surface area (Å²) >= 11 is 1.49. The molecule has 0 fully saturated rings. The molecule has 140 valence electrons. The Kier molecular flexibility index (Phi) is 6.08. The molecule has 0 aliphatic rings. The average molecular weight is 383 g/mol. The van der Waals surface area contributed by atoms with Crippen LogP contribution < -0.4 is 4.74 Å². The number of benzene rings is 2. The van der Waals surface area contributed by atoms with Crippen LogP contribution in [-0.4, -0.2) is 37.5 Å². The van der Waals surface area contributed by atoms with Crippen molar-refractivity contribution in [2.45, 2.75) is 13.0 Å². The van der Waals surface area contributed by atoms with E-state index in [1.807, 2.05) is 53.9 Å². The largest absolute Gasteiger partial charge is 0.497 e. The molecule has 2 aromatic carbocycles. The third-order valence-corrected chi connectivity index (χ3v) is 5.09. The summed E-state index contributed by atoms with van der Waals surface area (Å²) in [5.41, 5.74) is 1.01. The molecule has 1 amide bonds. The number of carbonyl (C=O) groups is 2. The van der Waals surface area contributed by atoms with E-state index >= 15 is 0 Å². The monoisotopic (exact) mass is 383 g/mol. The Bertz CT molecular complexity index is 937. The highest BCUT2D eigenvalue weighted by molar-refractivity contribution is 7.10. The van der Waals surface area contributed by atoms with Gasteiger partial charge in [-0.3, -0.25) is 9.59 Å². The molecule has 0 saturated carbocycles. The first-order valence-corrected chi connectivity index (χ1v) is 9.42. The van der Waals surface area contributed by atoms with E-state index in [0.717, 1.165) is 27.0 Å². The SMILES string of the molecule is COc1ccc2cc(CN(C)C(=O)COC(=O)Cc3cccs3)ccc2c1. The first-order chi connectivity index (χ1) is 13.0. The maximum Gasteiger partial charge on any atom is 0.311 e. The van der Waals surface area contributed by atoms with E-state index in [4.69, 9.17) is 9.47 Å². The summed E-state index contributed by atoms with van der Waals surface area (Å²) in [6.45, 7) is 0.203. The predicted molar refractivity (Wildman–Crippen MR) is 106 cm³/mol. The van der Waals surface area contributed by atoms with Crippen molar-refractivity contribution < 1.29 is 19.1 Å². The van der Waals surface area contributed by atoms with Crippen molar-refractivity contribution in [3.8, 4) is 5.75 Å². The Morgan fingerprint density at radius 3 is 2.59 bits per heavy atom. The molecule has 0 unspecified atom stereocenters. The number of hydrogen-bond acceptors (Lipinski definition) is 5. The van der Waals surface area contributed by atoms with Crippen molar-refractivity contribution >= 4 is 34.0 Å². The van der Waals surface area contributed by atoms with Gasteiger partial charge >= 0.3 is 5.97 Å². The second-order valence-electron chi connectivity index (χ2n) is 6.21. The first-order valence-electron chi connectivity index (χ1n) is 8.54. The summed E-state index contributed by atoms with van der Waals surface area (Å²) in [6, 6.07) is 15.7. The van der Waals surface area contributed by atoms with Crippen LogP contribution in [0.2, 0.25) is 0 Å². The third-order valence-electron chi connectivity index (χ3n) is 4.21. The second kappa shape index (κ2) is 8.68. The van der Waals surface area contributed by atoms with Gasteiger partial charge in [0.1, 0.15) is 5.75 Å². The fraction of sp³-hybridized carbons (Fsp3) is 0.238. The van der Waals surface area contributed by atoms with Crippen LogP contribution in [-0.2, 0) is 27.3 Å². The highest BCUT2D eigenvalue weighted by atomic mass is 32.1. The average Bonchev–Trinajstić information content (AvgIpc) is 3.18. The van der Waals surface area contributed by atoms with Gasteiger partial charge in [-0.15, -0.1) is 11.3 Å². The summed E-state index contributed by atoms with van der Waals surface area (Å²) in [5.74, 6) is 0.190. The van der Waals surface area contributed by atoms with Crippen molar-refractivity contribution in [1.29, 1.82) is 0 Å². The molecule has 1 aromatic heterocycles. The van der Waals surface area contributed by atoms with Gasteiger partial charge in [0.05, 0.1) is 13.5 Å². The predicted octanol–water partition coefficient (Wildman–Crippen LogP) is 3.65. The maximum absolute atomic E-state index is 12.2. The van der Waals surface area contributed by atoms with Crippen LogP contribution in [0, 0.1) is 0 Å². The van der Waals surface area contributed by atoms with Crippen LogP contribution in [0.4, 0.5) is 0 Å². The summed E-state index contributed by atoms with van der Waals surface area (Å²) in [6.07, 6.45) is 0.197. The van der Waals surface area contributed by atoms with E-state index in [2.05, 4.69) is 0 Å². The molecule has 3 aromatic rings. The zero-order valence-electron chi connectivity index (χ0n) is 15.3. The summed E-state index contributed by atoms with van der Waals surface area (Å²) in [7, 11) is 3.34. The number of esters is 1. The van der Waals surface area contributed by atoms with Crippen LogP contribution >= 0.6 is 11.3 Å². The van der Waals surface area contributed by atoms with E-state index in [0.29, 0.717) is 6.54 Å². The molecule has 0 atom stereocenters. The van der Waals surface area contributed by atoms with Gasteiger partial charge in [0, 0.05) is 18.5 Å². The zero-order valence-corrected chi connectivity index (χ0v) is 16.1. The minimum Gasteiger partial charge on any atom is -0.497 e. The number of rotatable bonds is 7. The van der Waals surface area contributed by atoms with E-state index < -0.39 is 0 Å². The lowest BCUT2D eigenvalue weighted by molar-refractivity contribution is -0.151. The van der Waals surface area contributed by atoms with Crippen LogP contribution in [0.3, 0.4) is 0 Å². The molecule has 27 heavy (non-hydrogen) atoms. The van der Waals surface area contributed by atoms with Crippen molar-refractivity contribution in [2.24, 2.45) is 0 Å². The summed E-state index contributed by atoms with van der Waals surface area (Å²) < 4.78 is 10.3. The van der Waals surface area contributed by atoms with E-state index in [1.54, 1.807) is 19.1 Å². The number of thiophene rings is 1. The minimum atomic E-state index is -0.390. The minimum absolute atomic E-state index is 0.197. The highest BCUT2D eigenvalue weighted by Crippen LogP contribution is 2.22. The molecule has 0 aliphatic heterocycles. The number of methoxy groups -OCH3 is 1. The standard InChI is InChI=1S/C21H21NO4S/c1-22(20(23)14-26-21(24)12-19-4-3-9-27-19)13-15-5-6-17-11-18(25-2)8-7-16(17)10-15/h3-11H,12-14H2,1-2H3. The van der Waals surface area contributed by atoms with Gasteiger partial charge in [-0.25, -0.2) is 0 Å². The van der Waals surface area contributed by atoms with Gasteiger partial charge in [-0.2, -0.15) is 0 Å². The van der Waals surface area contributed by atoms with Crippen LogP contribution in [0.1, 0.15) is 10.4 Å². The number of fused-ring (bicyclic) bond motifs is 1. The quantitative estimate of drug-likeness (QED) is 0.585. The zero-order chi connectivity index (χ0) is 19.2. The normalized spacial score (nSPS) is 10.6. The maximum atomic E-state index is 12.2. The van der Waals surface area contributed by atoms with Gasteiger partial charge in [0.15, 0.2) is 6.61 Å². The van der Waals surface area contributed by atoms with Crippen LogP contribution in [0.15, 0.2) is 53.9 Å². The third kappa shape index (κ3) is 5.08.